The van der Waals surface area contributed by atoms with Gasteiger partial charge in [0.2, 0.25) is 0 Å². The number of nitrogens with two attached hydrogens (primary N) is 3. The zero-order chi connectivity index (χ0) is 9.42. The Labute approximate surface area is 76.1 Å². The summed E-state index contributed by atoms with van der Waals surface area (Å²) in [4.78, 5) is 0. The first kappa shape index (κ1) is 7.73. The highest BCUT2D eigenvalue weighted by molar-refractivity contribution is 5.92. The van der Waals surface area contributed by atoms with Crippen LogP contribution in [-0.2, 0) is 0 Å². The molecule has 0 aliphatic heterocycles. The lowest BCUT2D eigenvalue weighted by Gasteiger charge is -2.03. The highest BCUT2D eigenvalue weighted by Crippen LogP contribution is 2.24. The summed E-state index contributed by atoms with van der Waals surface area (Å²) in [5.41, 5.74) is 18.9. The summed E-state index contributed by atoms with van der Waals surface area (Å²) in [6.07, 6.45) is 0. The van der Waals surface area contributed by atoms with Gasteiger partial charge in [0.25, 0.3) is 0 Å². The lowest BCUT2D eigenvalue weighted by atomic mass is 10.1. The van der Waals surface area contributed by atoms with E-state index in [4.69, 9.17) is 17.2 Å². The topological polar surface area (TPSA) is 78.1 Å². The minimum atomic E-state index is 0.595. The van der Waals surface area contributed by atoms with Gasteiger partial charge in [0.1, 0.15) is 0 Å². The van der Waals surface area contributed by atoms with Crippen molar-refractivity contribution in [3.8, 4) is 0 Å². The molecule has 0 radical (unpaired) electrons. The van der Waals surface area contributed by atoms with Crippen LogP contribution < -0.4 is 17.2 Å². The van der Waals surface area contributed by atoms with Gasteiger partial charge in [-0.3, -0.25) is 0 Å². The molecule has 0 unspecified atom stereocenters. The van der Waals surface area contributed by atoms with E-state index in [-0.39, 0.29) is 0 Å². The molecule has 0 aliphatic rings. The molecular formula is C10H11N3. The van der Waals surface area contributed by atoms with Crippen LogP contribution in [0.25, 0.3) is 10.8 Å². The molecule has 0 amide bonds. The van der Waals surface area contributed by atoms with Crippen LogP contribution in [-0.4, -0.2) is 0 Å². The van der Waals surface area contributed by atoms with Crippen LogP contribution in [0.3, 0.4) is 0 Å². The van der Waals surface area contributed by atoms with Crippen LogP contribution in [0, 0.1) is 0 Å². The smallest absolute Gasteiger partial charge is 0.0554 e. The molecule has 0 saturated carbocycles. The summed E-state index contributed by atoms with van der Waals surface area (Å²) < 4.78 is 0. The molecule has 0 fully saturated rings. The SMILES string of the molecule is Nc1ccc2cc(N)c(N)cc2c1. The molecule has 0 bridgehead atoms. The van der Waals surface area contributed by atoms with E-state index in [0.717, 1.165) is 16.5 Å². The van der Waals surface area contributed by atoms with Gasteiger partial charge in [0, 0.05) is 5.69 Å². The van der Waals surface area contributed by atoms with Gasteiger partial charge < -0.3 is 17.2 Å². The van der Waals surface area contributed by atoms with Gasteiger partial charge in [-0.05, 0) is 35.0 Å². The summed E-state index contributed by atoms with van der Waals surface area (Å²) in [6, 6.07) is 9.34. The van der Waals surface area contributed by atoms with Gasteiger partial charge in [0.15, 0.2) is 0 Å². The minimum Gasteiger partial charge on any atom is -0.399 e. The van der Waals surface area contributed by atoms with E-state index in [1.54, 1.807) is 0 Å². The lowest BCUT2D eigenvalue weighted by Crippen LogP contribution is -1.94. The quantitative estimate of drug-likeness (QED) is 0.529. The number of fused-ring (bicyclic) bond motifs is 1. The molecule has 2 aromatic rings. The third-order valence-electron chi connectivity index (χ3n) is 2.07. The van der Waals surface area contributed by atoms with Gasteiger partial charge in [0.05, 0.1) is 11.4 Å². The molecular weight excluding hydrogens is 162 g/mol. The zero-order valence-electron chi connectivity index (χ0n) is 7.12. The lowest BCUT2D eigenvalue weighted by molar-refractivity contribution is 1.69. The second-order valence-corrected chi connectivity index (χ2v) is 3.09. The number of nitrogen functional groups attached to an aromatic ring is 3. The monoisotopic (exact) mass is 173 g/mol. The van der Waals surface area contributed by atoms with Crippen molar-refractivity contribution in [2.75, 3.05) is 17.2 Å². The summed E-state index contributed by atoms with van der Waals surface area (Å²) in [6.45, 7) is 0. The fraction of sp³-hybridized carbons (Fsp3) is 0. The molecule has 13 heavy (non-hydrogen) atoms. The van der Waals surface area contributed by atoms with Crippen molar-refractivity contribution in [2.45, 2.75) is 0 Å². The number of hydrogen-bond acceptors (Lipinski definition) is 3. The standard InChI is InChI=1S/C10H11N3/c11-8-2-1-6-4-9(12)10(13)5-7(6)3-8/h1-5H,11-13H2. The summed E-state index contributed by atoms with van der Waals surface area (Å²) in [5.74, 6) is 0. The van der Waals surface area contributed by atoms with Crippen molar-refractivity contribution in [3.05, 3.63) is 30.3 Å². The van der Waals surface area contributed by atoms with Crippen molar-refractivity contribution in [1.82, 2.24) is 0 Å². The van der Waals surface area contributed by atoms with Gasteiger partial charge in [-0.15, -0.1) is 0 Å². The molecule has 0 saturated heterocycles. The van der Waals surface area contributed by atoms with E-state index in [1.165, 1.54) is 0 Å². The Morgan fingerprint density at radius 1 is 0.692 bits per heavy atom. The van der Waals surface area contributed by atoms with E-state index in [0.29, 0.717) is 11.4 Å². The fourth-order valence-corrected chi connectivity index (χ4v) is 1.35. The van der Waals surface area contributed by atoms with Crippen molar-refractivity contribution >= 4 is 27.8 Å². The Morgan fingerprint density at radius 3 is 2.00 bits per heavy atom. The molecule has 2 rings (SSSR count). The van der Waals surface area contributed by atoms with Crippen LogP contribution in [0.5, 0.6) is 0 Å². The first-order valence-corrected chi connectivity index (χ1v) is 4.01. The van der Waals surface area contributed by atoms with Crippen molar-refractivity contribution in [3.63, 3.8) is 0 Å². The molecule has 0 atom stereocenters. The van der Waals surface area contributed by atoms with E-state index in [1.807, 2.05) is 30.3 Å². The Balaban J connectivity index is 2.81. The van der Waals surface area contributed by atoms with Crippen LogP contribution >= 0.6 is 0 Å². The summed E-state index contributed by atoms with van der Waals surface area (Å²) in [7, 11) is 0. The van der Waals surface area contributed by atoms with E-state index in [2.05, 4.69) is 0 Å². The number of anilines is 3. The van der Waals surface area contributed by atoms with Crippen molar-refractivity contribution in [2.24, 2.45) is 0 Å². The molecule has 0 heterocycles. The van der Waals surface area contributed by atoms with Gasteiger partial charge >= 0.3 is 0 Å². The average Bonchev–Trinajstić information content (AvgIpc) is 2.08. The van der Waals surface area contributed by atoms with Gasteiger partial charge in [-0.2, -0.15) is 0 Å². The largest absolute Gasteiger partial charge is 0.399 e. The molecule has 3 heteroatoms. The maximum absolute atomic E-state index is 5.67. The van der Waals surface area contributed by atoms with Crippen LogP contribution in [0.4, 0.5) is 17.1 Å². The first-order chi connectivity index (χ1) is 6.16. The Hall–Kier alpha value is -1.90. The second kappa shape index (κ2) is 2.55. The molecule has 2 aromatic carbocycles. The van der Waals surface area contributed by atoms with Crippen molar-refractivity contribution < 1.29 is 0 Å². The number of benzene rings is 2. The van der Waals surface area contributed by atoms with E-state index in [9.17, 15) is 0 Å². The van der Waals surface area contributed by atoms with E-state index < -0.39 is 0 Å². The third kappa shape index (κ3) is 1.24. The Morgan fingerprint density at radius 2 is 1.31 bits per heavy atom. The van der Waals surface area contributed by atoms with Crippen LogP contribution in [0.2, 0.25) is 0 Å². The highest BCUT2D eigenvalue weighted by atomic mass is 14.7. The second-order valence-electron chi connectivity index (χ2n) is 3.09. The third-order valence-corrected chi connectivity index (χ3v) is 2.07. The maximum atomic E-state index is 5.67. The fourth-order valence-electron chi connectivity index (χ4n) is 1.35. The minimum absolute atomic E-state index is 0.595. The number of hydrogen-bond donors (Lipinski definition) is 3. The Kier molecular flexibility index (Phi) is 1.52. The molecule has 0 aromatic heterocycles. The van der Waals surface area contributed by atoms with Gasteiger partial charge in [-0.1, -0.05) is 6.07 Å². The summed E-state index contributed by atoms with van der Waals surface area (Å²) >= 11 is 0. The van der Waals surface area contributed by atoms with Crippen molar-refractivity contribution in [1.29, 1.82) is 0 Å². The van der Waals surface area contributed by atoms with Crippen LogP contribution in [0.1, 0.15) is 0 Å². The zero-order valence-corrected chi connectivity index (χ0v) is 7.12. The normalized spacial score (nSPS) is 10.5. The van der Waals surface area contributed by atoms with E-state index >= 15 is 0 Å². The molecule has 66 valence electrons. The van der Waals surface area contributed by atoms with Gasteiger partial charge in [-0.25, -0.2) is 0 Å². The molecule has 0 aliphatic carbocycles. The predicted molar refractivity (Wildman–Crippen MR) is 57.2 cm³/mol. The first-order valence-electron chi connectivity index (χ1n) is 4.01. The maximum Gasteiger partial charge on any atom is 0.0554 e. The molecule has 0 spiro atoms. The molecule has 6 N–H and O–H groups in total. The predicted octanol–water partition coefficient (Wildman–Crippen LogP) is 1.59. The number of rotatable bonds is 0. The average molecular weight is 173 g/mol. The Bertz CT molecular complexity index is 463. The molecule has 3 nitrogen and oxygen atoms in total. The highest BCUT2D eigenvalue weighted by Gasteiger charge is 1.98. The summed E-state index contributed by atoms with van der Waals surface area (Å²) in [5, 5.41) is 2.08. The van der Waals surface area contributed by atoms with Crippen LogP contribution in [0.15, 0.2) is 30.3 Å².